The van der Waals surface area contributed by atoms with Gasteiger partial charge in [-0.05, 0) is 65.6 Å². The van der Waals surface area contributed by atoms with Crippen LogP contribution < -0.4 is 0 Å². The van der Waals surface area contributed by atoms with Gasteiger partial charge in [0.2, 0.25) is 0 Å². The number of aryl methyl sites for hydroxylation is 2. The van der Waals surface area contributed by atoms with Gasteiger partial charge in [0.1, 0.15) is 5.82 Å². The van der Waals surface area contributed by atoms with Crippen LogP contribution in [0.2, 0.25) is 0 Å². The highest BCUT2D eigenvalue weighted by molar-refractivity contribution is 5.89. The van der Waals surface area contributed by atoms with Gasteiger partial charge < -0.3 is 0 Å². The Bertz CT molecular complexity index is 1270. The lowest BCUT2D eigenvalue weighted by Crippen LogP contribution is -1.90. The average molecular weight is 435 g/mol. The third-order valence-electron chi connectivity index (χ3n) is 6.25. The summed E-state index contributed by atoms with van der Waals surface area (Å²) in [7, 11) is 0. The van der Waals surface area contributed by atoms with Crippen molar-refractivity contribution in [3.63, 3.8) is 0 Å². The molecule has 0 aliphatic heterocycles. The van der Waals surface area contributed by atoms with Crippen LogP contribution in [0, 0.1) is 17.7 Å². The number of fused-ring (bicyclic) bond motifs is 1. The monoisotopic (exact) mass is 434 g/mol. The lowest BCUT2D eigenvalue weighted by atomic mass is 9.97. The first-order valence-electron chi connectivity index (χ1n) is 12.1. The molecule has 0 heterocycles. The summed E-state index contributed by atoms with van der Waals surface area (Å²) in [6.07, 6.45) is 7.14. The highest BCUT2D eigenvalue weighted by atomic mass is 19.1. The third-order valence-corrected chi connectivity index (χ3v) is 6.25. The van der Waals surface area contributed by atoms with Gasteiger partial charge in [-0.1, -0.05) is 99.5 Å². The van der Waals surface area contributed by atoms with Crippen LogP contribution in [-0.2, 0) is 12.8 Å². The van der Waals surface area contributed by atoms with Crippen LogP contribution in [0.1, 0.15) is 61.8 Å². The number of benzene rings is 4. The van der Waals surface area contributed by atoms with Gasteiger partial charge in [-0.2, -0.15) is 0 Å². The molecular weight excluding hydrogens is 403 g/mol. The normalized spacial score (nSPS) is 10.8. The summed E-state index contributed by atoms with van der Waals surface area (Å²) in [5.41, 5.74) is 6.08. The quantitative estimate of drug-likeness (QED) is 0.201. The van der Waals surface area contributed by atoms with Gasteiger partial charge in [0.05, 0.1) is 0 Å². The summed E-state index contributed by atoms with van der Waals surface area (Å²) in [6.45, 7) is 4.37. The fourth-order valence-electron chi connectivity index (χ4n) is 4.17. The summed E-state index contributed by atoms with van der Waals surface area (Å²) in [5.74, 6) is 6.26. The Morgan fingerprint density at radius 1 is 0.667 bits per heavy atom. The molecule has 1 heteroatoms. The average Bonchev–Trinajstić information content (AvgIpc) is 2.86. The smallest absolute Gasteiger partial charge is 0.138 e. The molecule has 0 spiro atoms. The van der Waals surface area contributed by atoms with Gasteiger partial charge >= 0.3 is 0 Å². The lowest BCUT2D eigenvalue weighted by Gasteiger charge is -2.09. The maximum absolute atomic E-state index is 15.4. The van der Waals surface area contributed by atoms with E-state index >= 15 is 4.39 Å². The molecule has 4 aromatic carbocycles. The maximum atomic E-state index is 15.4. The van der Waals surface area contributed by atoms with Gasteiger partial charge in [-0.3, -0.25) is 0 Å². The summed E-state index contributed by atoms with van der Waals surface area (Å²) in [6, 6.07) is 26.3. The Labute approximate surface area is 197 Å². The van der Waals surface area contributed by atoms with Crippen molar-refractivity contribution < 1.29 is 4.39 Å². The van der Waals surface area contributed by atoms with Crippen molar-refractivity contribution in [3.8, 4) is 23.0 Å². The summed E-state index contributed by atoms with van der Waals surface area (Å²) < 4.78 is 15.4. The minimum absolute atomic E-state index is 0.169. The summed E-state index contributed by atoms with van der Waals surface area (Å²) in [5, 5.41) is 1.51. The van der Waals surface area contributed by atoms with Crippen molar-refractivity contribution in [2.75, 3.05) is 0 Å². The third kappa shape index (κ3) is 5.71. The van der Waals surface area contributed by atoms with Gasteiger partial charge in [0.15, 0.2) is 0 Å². The van der Waals surface area contributed by atoms with E-state index in [1.807, 2.05) is 42.5 Å². The van der Waals surface area contributed by atoms with Crippen LogP contribution in [0.4, 0.5) is 4.39 Å². The van der Waals surface area contributed by atoms with E-state index in [0.29, 0.717) is 10.9 Å². The summed E-state index contributed by atoms with van der Waals surface area (Å²) in [4.78, 5) is 0. The second kappa shape index (κ2) is 11.0. The maximum Gasteiger partial charge on any atom is 0.138 e. The molecular formula is C32H31F. The van der Waals surface area contributed by atoms with Gasteiger partial charge in [0, 0.05) is 22.1 Å². The predicted molar refractivity (Wildman–Crippen MR) is 139 cm³/mol. The SMILES string of the molecule is CCCCCCc1ccc(-c2ccc3cc(C#Cc4ccc(CC)cc4)ccc3c2F)cc1. The van der Waals surface area contributed by atoms with E-state index in [1.54, 1.807) is 0 Å². The number of halogens is 1. The van der Waals surface area contributed by atoms with E-state index in [1.165, 1.54) is 36.8 Å². The number of rotatable bonds is 7. The second-order valence-corrected chi connectivity index (χ2v) is 8.67. The minimum atomic E-state index is -0.169. The Kier molecular flexibility index (Phi) is 7.59. The van der Waals surface area contributed by atoms with Crippen molar-refractivity contribution in [1.82, 2.24) is 0 Å². The standard InChI is InChI=1S/C32H31F/c1-3-5-6-7-8-25-15-18-28(19-16-25)30-22-20-29-23-27(17-21-31(29)32(30)33)14-13-26-11-9-24(4-2)10-12-26/h9-12,15-23H,3-8H2,1-2H3. The second-order valence-electron chi connectivity index (χ2n) is 8.67. The summed E-state index contributed by atoms with van der Waals surface area (Å²) >= 11 is 0. The number of unbranched alkanes of at least 4 members (excludes halogenated alkanes) is 3. The van der Waals surface area contributed by atoms with Gasteiger partial charge in [0.25, 0.3) is 0 Å². The van der Waals surface area contributed by atoms with E-state index in [0.717, 1.165) is 34.9 Å². The fourth-order valence-corrected chi connectivity index (χ4v) is 4.17. The molecule has 4 rings (SSSR count). The molecule has 0 N–H and O–H groups in total. The highest BCUT2D eigenvalue weighted by Gasteiger charge is 2.10. The van der Waals surface area contributed by atoms with Crippen molar-refractivity contribution in [2.24, 2.45) is 0 Å². The zero-order valence-corrected chi connectivity index (χ0v) is 19.6. The Morgan fingerprint density at radius 2 is 1.36 bits per heavy atom. The van der Waals surface area contributed by atoms with Gasteiger partial charge in [-0.15, -0.1) is 0 Å². The molecule has 166 valence electrons. The van der Waals surface area contributed by atoms with Crippen LogP contribution in [-0.4, -0.2) is 0 Å². The van der Waals surface area contributed by atoms with Crippen molar-refractivity contribution in [1.29, 1.82) is 0 Å². The largest absolute Gasteiger partial charge is 0.206 e. The first kappa shape index (κ1) is 22.8. The Balaban J connectivity index is 1.53. The molecule has 0 bridgehead atoms. The molecule has 0 fully saturated rings. The molecule has 0 saturated heterocycles. The molecule has 0 aliphatic rings. The predicted octanol–water partition coefficient (Wildman–Crippen LogP) is 8.73. The van der Waals surface area contributed by atoms with Crippen molar-refractivity contribution in [2.45, 2.75) is 52.4 Å². The van der Waals surface area contributed by atoms with Gasteiger partial charge in [-0.25, -0.2) is 4.39 Å². The van der Waals surface area contributed by atoms with E-state index in [9.17, 15) is 0 Å². The zero-order chi connectivity index (χ0) is 23.0. The fraction of sp³-hybridized carbons (Fsp3) is 0.250. The molecule has 0 aromatic heterocycles. The molecule has 0 aliphatic carbocycles. The van der Waals surface area contributed by atoms with Crippen molar-refractivity contribution >= 4 is 10.8 Å². The minimum Gasteiger partial charge on any atom is -0.206 e. The van der Waals surface area contributed by atoms with E-state index in [-0.39, 0.29) is 5.82 Å². The van der Waals surface area contributed by atoms with E-state index in [2.05, 4.69) is 62.1 Å². The molecule has 0 atom stereocenters. The zero-order valence-electron chi connectivity index (χ0n) is 19.6. The highest BCUT2D eigenvalue weighted by Crippen LogP contribution is 2.30. The molecule has 0 saturated carbocycles. The first-order chi connectivity index (χ1) is 16.2. The van der Waals surface area contributed by atoms with Crippen LogP contribution in [0.25, 0.3) is 21.9 Å². The number of hydrogen-bond acceptors (Lipinski definition) is 0. The van der Waals surface area contributed by atoms with Crippen LogP contribution >= 0.6 is 0 Å². The Hall–Kier alpha value is -3.37. The molecule has 0 nitrogen and oxygen atoms in total. The van der Waals surface area contributed by atoms with Crippen molar-refractivity contribution in [3.05, 3.63) is 107 Å². The molecule has 0 amide bonds. The molecule has 0 radical (unpaired) electrons. The van der Waals surface area contributed by atoms with E-state index in [4.69, 9.17) is 0 Å². The first-order valence-corrected chi connectivity index (χ1v) is 12.1. The van der Waals surface area contributed by atoms with Crippen LogP contribution in [0.3, 0.4) is 0 Å². The lowest BCUT2D eigenvalue weighted by molar-refractivity contribution is 0.643. The van der Waals surface area contributed by atoms with E-state index < -0.39 is 0 Å². The van der Waals surface area contributed by atoms with Crippen LogP contribution in [0.15, 0.2) is 78.9 Å². The molecule has 4 aromatic rings. The molecule has 33 heavy (non-hydrogen) atoms. The van der Waals surface area contributed by atoms with Crippen LogP contribution in [0.5, 0.6) is 0 Å². The number of hydrogen-bond donors (Lipinski definition) is 0. The molecule has 0 unspecified atom stereocenters. The Morgan fingerprint density at radius 3 is 2.09 bits per heavy atom. The topological polar surface area (TPSA) is 0 Å².